The minimum absolute atomic E-state index is 0.0610. The van der Waals surface area contributed by atoms with Gasteiger partial charge in [0.1, 0.15) is 11.5 Å². The van der Waals surface area contributed by atoms with Crippen LogP contribution in [0.4, 0.5) is 0 Å². The SMILES string of the molecule is COc1ccc(OC)c(C(=O)CCCCCl)c1. The highest BCUT2D eigenvalue weighted by molar-refractivity contribution is 6.17. The molecule has 3 nitrogen and oxygen atoms in total. The number of Topliss-reactive ketones (excluding diaryl/α,β-unsaturated/α-hetero) is 1. The molecule has 0 atom stereocenters. The van der Waals surface area contributed by atoms with Crippen molar-refractivity contribution < 1.29 is 14.3 Å². The summed E-state index contributed by atoms with van der Waals surface area (Å²) in [7, 11) is 3.13. The maximum atomic E-state index is 12.0. The molecule has 0 N–H and O–H groups in total. The third-order valence-electron chi connectivity index (χ3n) is 2.49. The fraction of sp³-hybridized carbons (Fsp3) is 0.462. The first-order valence-electron chi connectivity index (χ1n) is 5.54. The van der Waals surface area contributed by atoms with Crippen molar-refractivity contribution in [2.75, 3.05) is 20.1 Å². The van der Waals surface area contributed by atoms with E-state index in [2.05, 4.69) is 0 Å². The second kappa shape index (κ2) is 7.17. The first kappa shape index (κ1) is 13.8. The van der Waals surface area contributed by atoms with Gasteiger partial charge in [-0.1, -0.05) is 0 Å². The summed E-state index contributed by atoms with van der Waals surface area (Å²) in [5.41, 5.74) is 0.571. The lowest BCUT2D eigenvalue weighted by Crippen LogP contribution is -2.03. The Kier molecular flexibility index (Phi) is 5.84. The Balaban J connectivity index is 2.82. The number of unbranched alkanes of at least 4 members (excludes halogenated alkanes) is 1. The van der Waals surface area contributed by atoms with Gasteiger partial charge in [-0.2, -0.15) is 0 Å². The van der Waals surface area contributed by atoms with Crippen LogP contribution in [0.15, 0.2) is 18.2 Å². The number of hydrogen-bond acceptors (Lipinski definition) is 3. The average molecular weight is 257 g/mol. The van der Waals surface area contributed by atoms with E-state index in [-0.39, 0.29) is 5.78 Å². The molecule has 0 spiro atoms. The predicted molar refractivity (Wildman–Crippen MR) is 68.4 cm³/mol. The highest BCUT2D eigenvalue weighted by Gasteiger charge is 2.13. The molecule has 0 aliphatic heterocycles. The van der Waals surface area contributed by atoms with E-state index in [1.54, 1.807) is 32.4 Å². The number of carbonyl (C=O) groups excluding carboxylic acids is 1. The Hall–Kier alpha value is -1.22. The van der Waals surface area contributed by atoms with Crippen molar-refractivity contribution in [2.24, 2.45) is 0 Å². The van der Waals surface area contributed by atoms with Gasteiger partial charge in [-0.15, -0.1) is 11.6 Å². The number of alkyl halides is 1. The van der Waals surface area contributed by atoms with Crippen LogP contribution in [0.3, 0.4) is 0 Å². The molecule has 0 aliphatic rings. The Morgan fingerprint density at radius 1 is 1.24 bits per heavy atom. The summed E-state index contributed by atoms with van der Waals surface area (Å²) in [5.74, 6) is 1.89. The Labute approximate surface area is 107 Å². The van der Waals surface area contributed by atoms with Crippen LogP contribution in [0, 0.1) is 0 Å². The second-order valence-corrected chi connectivity index (χ2v) is 4.01. The van der Waals surface area contributed by atoms with Crippen molar-refractivity contribution in [3.8, 4) is 11.5 Å². The maximum absolute atomic E-state index is 12.0. The van der Waals surface area contributed by atoms with E-state index in [1.807, 2.05) is 0 Å². The Morgan fingerprint density at radius 3 is 2.59 bits per heavy atom. The molecule has 94 valence electrons. The quantitative estimate of drug-likeness (QED) is 0.427. The minimum atomic E-state index is 0.0610. The summed E-state index contributed by atoms with van der Waals surface area (Å²) in [6, 6.07) is 5.23. The van der Waals surface area contributed by atoms with Crippen LogP contribution < -0.4 is 9.47 Å². The molecule has 1 aromatic carbocycles. The second-order valence-electron chi connectivity index (χ2n) is 3.64. The fourth-order valence-electron chi connectivity index (χ4n) is 1.55. The molecule has 0 amide bonds. The number of hydrogen-bond donors (Lipinski definition) is 0. The lowest BCUT2D eigenvalue weighted by Gasteiger charge is -2.09. The molecule has 1 aromatic rings. The van der Waals surface area contributed by atoms with Crippen molar-refractivity contribution in [2.45, 2.75) is 19.3 Å². The monoisotopic (exact) mass is 256 g/mol. The van der Waals surface area contributed by atoms with Crippen LogP contribution >= 0.6 is 11.6 Å². The van der Waals surface area contributed by atoms with Gasteiger partial charge < -0.3 is 9.47 Å². The molecule has 0 unspecified atom stereocenters. The number of carbonyl (C=O) groups is 1. The molecule has 0 heterocycles. The number of rotatable bonds is 7. The van der Waals surface area contributed by atoms with Crippen LogP contribution in [0.1, 0.15) is 29.6 Å². The summed E-state index contributed by atoms with van der Waals surface area (Å²) in [4.78, 5) is 12.0. The molecule has 4 heteroatoms. The average Bonchev–Trinajstić information content (AvgIpc) is 2.38. The first-order chi connectivity index (χ1) is 8.22. The first-order valence-corrected chi connectivity index (χ1v) is 6.07. The molecular formula is C13H17ClO3. The molecule has 17 heavy (non-hydrogen) atoms. The molecule has 0 aromatic heterocycles. The zero-order chi connectivity index (χ0) is 12.7. The van der Waals surface area contributed by atoms with Gasteiger partial charge in [0.05, 0.1) is 19.8 Å². The standard InChI is InChI=1S/C13H17ClO3/c1-16-10-6-7-13(17-2)11(9-10)12(15)5-3-4-8-14/h6-7,9H,3-5,8H2,1-2H3. The largest absolute Gasteiger partial charge is 0.497 e. The van der Waals surface area contributed by atoms with Gasteiger partial charge in [0.2, 0.25) is 0 Å². The van der Waals surface area contributed by atoms with Crippen molar-refractivity contribution in [1.82, 2.24) is 0 Å². The van der Waals surface area contributed by atoms with E-state index in [4.69, 9.17) is 21.1 Å². The van der Waals surface area contributed by atoms with Crippen LogP contribution in [-0.2, 0) is 0 Å². The van der Waals surface area contributed by atoms with Gasteiger partial charge in [0, 0.05) is 12.3 Å². The minimum Gasteiger partial charge on any atom is -0.497 e. The lowest BCUT2D eigenvalue weighted by atomic mass is 10.0. The van der Waals surface area contributed by atoms with Crippen molar-refractivity contribution in [3.63, 3.8) is 0 Å². The van der Waals surface area contributed by atoms with E-state index >= 15 is 0 Å². The van der Waals surface area contributed by atoms with E-state index < -0.39 is 0 Å². The van der Waals surface area contributed by atoms with E-state index in [1.165, 1.54) is 0 Å². The number of ether oxygens (including phenoxy) is 2. The summed E-state index contributed by atoms with van der Waals surface area (Å²) in [6.07, 6.45) is 2.12. The third kappa shape index (κ3) is 3.93. The maximum Gasteiger partial charge on any atom is 0.166 e. The van der Waals surface area contributed by atoms with Gasteiger partial charge >= 0.3 is 0 Å². The number of methoxy groups -OCH3 is 2. The fourth-order valence-corrected chi connectivity index (χ4v) is 1.74. The zero-order valence-electron chi connectivity index (χ0n) is 10.2. The molecule has 0 fully saturated rings. The van der Waals surface area contributed by atoms with Gasteiger partial charge in [-0.05, 0) is 31.0 Å². The van der Waals surface area contributed by atoms with Crippen LogP contribution in [-0.4, -0.2) is 25.9 Å². The van der Waals surface area contributed by atoms with Crippen molar-refractivity contribution in [3.05, 3.63) is 23.8 Å². The van der Waals surface area contributed by atoms with Gasteiger partial charge in [0.25, 0.3) is 0 Å². The van der Waals surface area contributed by atoms with Crippen LogP contribution in [0.25, 0.3) is 0 Å². The Morgan fingerprint density at radius 2 is 2.00 bits per heavy atom. The number of halogens is 1. The van der Waals surface area contributed by atoms with Gasteiger partial charge in [-0.3, -0.25) is 4.79 Å². The topological polar surface area (TPSA) is 35.5 Å². The summed E-state index contributed by atoms with van der Waals surface area (Å²) in [6.45, 7) is 0. The molecule has 0 saturated heterocycles. The number of ketones is 1. The van der Waals surface area contributed by atoms with Crippen molar-refractivity contribution >= 4 is 17.4 Å². The van der Waals surface area contributed by atoms with E-state index in [0.29, 0.717) is 29.4 Å². The highest BCUT2D eigenvalue weighted by Crippen LogP contribution is 2.25. The van der Waals surface area contributed by atoms with Crippen LogP contribution in [0.5, 0.6) is 11.5 Å². The normalized spacial score (nSPS) is 10.1. The predicted octanol–water partition coefficient (Wildman–Crippen LogP) is 3.30. The van der Waals surface area contributed by atoms with Gasteiger partial charge in [-0.25, -0.2) is 0 Å². The highest BCUT2D eigenvalue weighted by atomic mass is 35.5. The summed E-state index contributed by atoms with van der Waals surface area (Å²) >= 11 is 5.58. The molecule has 0 radical (unpaired) electrons. The Bertz CT molecular complexity index is 377. The molecule has 1 rings (SSSR count). The van der Waals surface area contributed by atoms with E-state index in [9.17, 15) is 4.79 Å². The van der Waals surface area contributed by atoms with E-state index in [0.717, 1.165) is 12.8 Å². The van der Waals surface area contributed by atoms with Crippen molar-refractivity contribution in [1.29, 1.82) is 0 Å². The smallest absolute Gasteiger partial charge is 0.166 e. The molecule has 0 saturated carbocycles. The van der Waals surface area contributed by atoms with Gasteiger partial charge in [0.15, 0.2) is 5.78 Å². The zero-order valence-corrected chi connectivity index (χ0v) is 10.9. The molecular weight excluding hydrogens is 240 g/mol. The van der Waals surface area contributed by atoms with Crippen LogP contribution in [0.2, 0.25) is 0 Å². The summed E-state index contributed by atoms with van der Waals surface area (Å²) < 4.78 is 10.3. The number of benzene rings is 1. The molecule has 0 bridgehead atoms. The lowest BCUT2D eigenvalue weighted by molar-refractivity contribution is 0.0976. The third-order valence-corrected chi connectivity index (χ3v) is 2.76. The molecule has 0 aliphatic carbocycles. The summed E-state index contributed by atoms with van der Waals surface area (Å²) in [5, 5.41) is 0.